The van der Waals surface area contributed by atoms with Crippen molar-refractivity contribution in [2.45, 2.75) is 88.9 Å². The number of amides is 1. The van der Waals surface area contributed by atoms with Crippen LogP contribution in [0.5, 0.6) is 0 Å². The van der Waals surface area contributed by atoms with Crippen LogP contribution in [0.4, 0.5) is 11.4 Å². The van der Waals surface area contributed by atoms with Gasteiger partial charge in [0.1, 0.15) is 5.82 Å². The molecule has 0 saturated carbocycles. The van der Waals surface area contributed by atoms with Gasteiger partial charge in [0.05, 0.1) is 29.9 Å². The average Bonchev–Trinajstić information content (AvgIpc) is 3.88. The minimum absolute atomic E-state index is 0. The Labute approximate surface area is 279 Å². The second-order valence-electron chi connectivity index (χ2n) is 14.0. The molecule has 4 aromatic rings. The maximum absolute atomic E-state index is 12.7. The van der Waals surface area contributed by atoms with E-state index >= 15 is 0 Å². The Morgan fingerprint density at radius 1 is 0.804 bits per heavy atom. The van der Waals surface area contributed by atoms with E-state index in [4.69, 9.17) is 4.98 Å². The summed E-state index contributed by atoms with van der Waals surface area (Å²) >= 11 is 0. The molecule has 3 fully saturated rings. The number of hydrogen-bond acceptors (Lipinski definition) is 5. The fourth-order valence-electron chi connectivity index (χ4n) is 7.34. The van der Waals surface area contributed by atoms with Crippen molar-refractivity contribution < 1.29 is 4.79 Å². The van der Waals surface area contributed by atoms with Crippen LogP contribution in [0.1, 0.15) is 99.9 Å². The number of nitrogens with zero attached hydrogens (tertiary/aromatic N) is 2. The highest BCUT2D eigenvalue weighted by atomic mass is 35.5. The van der Waals surface area contributed by atoms with Crippen LogP contribution in [0.15, 0.2) is 79.0 Å². The zero-order valence-corrected chi connectivity index (χ0v) is 28.0. The monoisotopic (exact) mass is 638 g/mol. The lowest BCUT2D eigenvalue weighted by atomic mass is 9.87. The van der Waals surface area contributed by atoms with Crippen LogP contribution < -0.4 is 20.9 Å². The molecule has 4 atom stereocenters. The highest BCUT2D eigenvalue weighted by molar-refractivity contribution is 5.95. The quantitative estimate of drug-likeness (QED) is 0.165. The number of benzene rings is 3. The van der Waals surface area contributed by atoms with Gasteiger partial charge in [0.25, 0.3) is 0 Å². The van der Waals surface area contributed by atoms with Crippen molar-refractivity contribution in [1.82, 2.24) is 20.6 Å². The molecule has 0 spiro atoms. The van der Waals surface area contributed by atoms with Gasteiger partial charge in [-0.05, 0) is 98.0 Å². The summed E-state index contributed by atoms with van der Waals surface area (Å²) in [4.78, 5) is 23.6. The molecule has 8 heteroatoms. The molecule has 0 radical (unpaired) electrons. The summed E-state index contributed by atoms with van der Waals surface area (Å²) in [7, 11) is 0. The summed E-state index contributed by atoms with van der Waals surface area (Å²) in [6.07, 6.45) is 8.45. The molecule has 0 bridgehead atoms. The Bertz CT molecular complexity index is 1600. The first-order valence-electron chi connectivity index (χ1n) is 16.8. The lowest BCUT2D eigenvalue weighted by Gasteiger charge is -2.34. The first-order chi connectivity index (χ1) is 21.8. The molecular formula is C38H47ClN6O. The molecule has 1 aromatic heterocycles. The Kier molecular flexibility index (Phi) is 9.55. The van der Waals surface area contributed by atoms with E-state index in [2.05, 4.69) is 119 Å². The lowest BCUT2D eigenvalue weighted by Crippen LogP contribution is -2.35. The highest BCUT2D eigenvalue weighted by Crippen LogP contribution is 2.47. The summed E-state index contributed by atoms with van der Waals surface area (Å²) in [5.41, 5.74) is 8.27. The molecule has 7 nitrogen and oxygen atoms in total. The summed E-state index contributed by atoms with van der Waals surface area (Å²) in [6, 6.07) is 27.4. The molecule has 3 unspecified atom stereocenters. The molecule has 4 N–H and O–H groups in total. The second kappa shape index (κ2) is 13.6. The van der Waals surface area contributed by atoms with Gasteiger partial charge < -0.3 is 25.8 Å². The molecule has 3 aliphatic heterocycles. The fraction of sp³-hybridized carbons (Fsp3) is 0.421. The summed E-state index contributed by atoms with van der Waals surface area (Å²) in [6.45, 7) is 8.77. The molecule has 1 amide bonds. The number of rotatable bonds is 7. The van der Waals surface area contributed by atoms with E-state index < -0.39 is 0 Å². The van der Waals surface area contributed by atoms with Gasteiger partial charge in [-0.2, -0.15) is 0 Å². The summed E-state index contributed by atoms with van der Waals surface area (Å²) in [5, 5.41) is 9.93. The smallest absolute Gasteiger partial charge is 0.241 e. The maximum atomic E-state index is 12.7. The number of aromatic nitrogens is 2. The zero-order valence-electron chi connectivity index (χ0n) is 27.2. The molecule has 3 saturated heterocycles. The minimum Gasteiger partial charge on any atom is -0.357 e. The van der Waals surface area contributed by atoms with Gasteiger partial charge in [0.2, 0.25) is 5.91 Å². The van der Waals surface area contributed by atoms with Crippen molar-refractivity contribution in [3.05, 3.63) is 102 Å². The van der Waals surface area contributed by atoms with Crippen molar-refractivity contribution in [3.63, 3.8) is 0 Å². The van der Waals surface area contributed by atoms with E-state index in [0.717, 1.165) is 68.0 Å². The van der Waals surface area contributed by atoms with Gasteiger partial charge in [-0.3, -0.25) is 4.79 Å². The topological polar surface area (TPSA) is 85.1 Å². The molecule has 46 heavy (non-hydrogen) atoms. The predicted octanol–water partition coefficient (Wildman–Crippen LogP) is 7.99. The molecule has 4 heterocycles. The predicted molar refractivity (Wildman–Crippen MR) is 190 cm³/mol. The lowest BCUT2D eigenvalue weighted by molar-refractivity contribution is -0.117. The van der Waals surface area contributed by atoms with E-state index in [0.29, 0.717) is 6.04 Å². The number of aromatic amines is 1. The minimum atomic E-state index is -0.0856. The van der Waals surface area contributed by atoms with Gasteiger partial charge in [-0.15, -0.1) is 12.4 Å². The first kappa shape index (κ1) is 32.3. The Hall–Kier alpha value is -3.65. The van der Waals surface area contributed by atoms with Gasteiger partial charge in [0.15, 0.2) is 0 Å². The number of carbonyl (C=O) groups excluding carboxylic acids is 1. The molecule has 7 rings (SSSR count). The molecule has 3 aromatic carbocycles. The zero-order chi connectivity index (χ0) is 31.0. The number of halogens is 1. The van der Waals surface area contributed by atoms with Crippen molar-refractivity contribution in [2.24, 2.45) is 0 Å². The number of carbonyl (C=O) groups is 1. The van der Waals surface area contributed by atoms with Crippen LogP contribution >= 0.6 is 12.4 Å². The Morgan fingerprint density at radius 3 is 2.02 bits per heavy atom. The van der Waals surface area contributed by atoms with Crippen molar-refractivity contribution in [2.75, 3.05) is 23.3 Å². The third-order valence-corrected chi connectivity index (χ3v) is 9.94. The van der Waals surface area contributed by atoms with E-state index in [1.165, 1.54) is 28.8 Å². The van der Waals surface area contributed by atoms with Crippen molar-refractivity contribution in [3.8, 4) is 11.3 Å². The number of H-pyrrole nitrogens is 1. The Morgan fingerprint density at radius 2 is 1.43 bits per heavy atom. The number of anilines is 2. The van der Waals surface area contributed by atoms with Gasteiger partial charge >= 0.3 is 0 Å². The summed E-state index contributed by atoms with van der Waals surface area (Å²) in [5.74, 6) is 1.10. The van der Waals surface area contributed by atoms with Crippen LogP contribution in [0, 0.1) is 0 Å². The van der Waals surface area contributed by atoms with Crippen LogP contribution in [0.25, 0.3) is 11.3 Å². The van der Waals surface area contributed by atoms with Crippen LogP contribution in [0.2, 0.25) is 0 Å². The number of imidazole rings is 1. The fourth-order valence-corrected chi connectivity index (χ4v) is 7.34. The SMILES string of the molecule is CC(C)(C)c1ccc(N2C(c3ccc(NC(=O)[C@H]4CCCN4)cc3)CCC2c2ccc(-c3c[nH]c(C4CCCN4)n3)cc2)cc1.Cl. The highest BCUT2D eigenvalue weighted by Gasteiger charge is 2.36. The van der Waals surface area contributed by atoms with Gasteiger partial charge in [-0.25, -0.2) is 4.98 Å². The average molecular weight is 639 g/mol. The summed E-state index contributed by atoms with van der Waals surface area (Å²) < 4.78 is 0. The van der Waals surface area contributed by atoms with E-state index in [-0.39, 0.29) is 41.9 Å². The van der Waals surface area contributed by atoms with Crippen molar-refractivity contribution in [1.29, 1.82) is 0 Å². The largest absolute Gasteiger partial charge is 0.357 e. The van der Waals surface area contributed by atoms with Gasteiger partial charge in [0, 0.05) is 23.1 Å². The Balaban J connectivity index is 0.00000372. The first-order valence-corrected chi connectivity index (χ1v) is 16.8. The van der Waals surface area contributed by atoms with E-state index in [1.807, 2.05) is 6.20 Å². The van der Waals surface area contributed by atoms with Crippen LogP contribution in [0.3, 0.4) is 0 Å². The standard InChI is InChI=1S/C38H46N6O.ClH/c1-38(2,3)28-14-18-30(19-15-28)44-34(26-10-8-25(9-11-26)33-24-41-36(43-33)31-6-4-22-39-31)20-21-35(44)27-12-16-29(17-13-27)42-37(45)32-7-5-23-40-32;/h8-19,24,31-32,34-35,39-40H,4-7,20-23H2,1-3H3,(H,41,43)(H,42,45);1H/t31?,32-,34?,35?;/m1./s1. The van der Waals surface area contributed by atoms with Crippen LogP contribution in [-0.4, -0.2) is 35.0 Å². The second-order valence-corrected chi connectivity index (χ2v) is 14.0. The third-order valence-electron chi connectivity index (χ3n) is 9.94. The number of nitrogens with one attached hydrogen (secondary N) is 4. The van der Waals surface area contributed by atoms with E-state index in [9.17, 15) is 4.79 Å². The number of hydrogen-bond donors (Lipinski definition) is 4. The molecule has 3 aliphatic rings. The molecule has 0 aliphatic carbocycles. The third kappa shape index (κ3) is 6.73. The van der Waals surface area contributed by atoms with Crippen molar-refractivity contribution >= 4 is 29.7 Å². The normalized spacial score (nSPS) is 23.0. The van der Waals surface area contributed by atoms with Crippen LogP contribution in [-0.2, 0) is 10.2 Å². The molecule has 242 valence electrons. The maximum Gasteiger partial charge on any atom is 0.241 e. The van der Waals surface area contributed by atoms with E-state index in [1.54, 1.807) is 0 Å². The molecular weight excluding hydrogens is 592 g/mol. The van der Waals surface area contributed by atoms with Gasteiger partial charge in [-0.1, -0.05) is 69.3 Å².